The topological polar surface area (TPSA) is 70.1 Å². The molecule has 0 atom stereocenters. The molecule has 0 amide bonds. The van der Waals surface area contributed by atoms with Gasteiger partial charge in [0.25, 0.3) is 0 Å². The molecule has 1 heterocycles. The summed E-state index contributed by atoms with van der Waals surface area (Å²) in [5.41, 5.74) is 8.01. The SMILES string of the molecule is Cc1nn(C)c(COC(=O)c2ccc(N)c(Cl)c2)c1Br. The van der Waals surface area contributed by atoms with E-state index in [1.165, 1.54) is 6.07 Å². The predicted molar refractivity (Wildman–Crippen MR) is 80.6 cm³/mol. The predicted octanol–water partition coefficient (Wildman–Crippen LogP) is 3.08. The molecule has 0 aliphatic carbocycles. The number of hydrogen-bond donors (Lipinski definition) is 1. The van der Waals surface area contributed by atoms with Gasteiger partial charge in [-0.15, -0.1) is 0 Å². The zero-order chi connectivity index (χ0) is 14.9. The molecule has 2 N–H and O–H groups in total. The van der Waals surface area contributed by atoms with Crippen LogP contribution in [-0.4, -0.2) is 15.7 Å². The van der Waals surface area contributed by atoms with Crippen molar-refractivity contribution in [3.05, 3.63) is 44.6 Å². The molecule has 1 aromatic carbocycles. The average molecular weight is 359 g/mol. The quantitative estimate of drug-likeness (QED) is 0.676. The number of nitrogens with zero attached hydrogens (tertiary/aromatic N) is 2. The first-order valence-corrected chi connectivity index (χ1v) is 6.97. The van der Waals surface area contributed by atoms with Gasteiger partial charge < -0.3 is 10.5 Å². The van der Waals surface area contributed by atoms with Crippen LogP contribution in [-0.2, 0) is 18.4 Å². The molecule has 0 spiro atoms. The number of aromatic nitrogens is 2. The lowest BCUT2D eigenvalue weighted by Gasteiger charge is -2.07. The maximum atomic E-state index is 11.9. The molecule has 0 saturated heterocycles. The summed E-state index contributed by atoms with van der Waals surface area (Å²) in [4.78, 5) is 11.9. The number of hydrogen-bond acceptors (Lipinski definition) is 4. The second-order valence-electron chi connectivity index (χ2n) is 4.28. The van der Waals surface area contributed by atoms with Crippen molar-refractivity contribution in [2.24, 2.45) is 7.05 Å². The highest BCUT2D eigenvalue weighted by Gasteiger charge is 2.14. The van der Waals surface area contributed by atoms with Crippen molar-refractivity contribution in [1.29, 1.82) is 0 Å². The van der Waals surface area contributed by atoms with Crippen LogP contribution in [0.4, 0.5) is 5.69 Å². The summed E-state index contributed by atoms with van der Waals surface area (Å²) in [6.45, 7) is 1.99. The van der Waals surface area contributed by atoms with E-state index < -0.39 is 5.97 Å². The van der Waals surface area contributed by atoms with Gasteiger partial charge in [-0.25, -0.2) is 4.79 Å². The summed E-state index contributed by atoms with van der Waals surface area (Å²) < 4.78 is 7.76. The molecule has 0 aliphatic rings. The summed E-state index contributed by atoms with van der Waals surface area (Å²) >= 11 is 9.29. The van der Waals surface area contributed by atoms with Gasteiger partial charge in [0.1, 0.15) is 6.61 Å². The Labute approximate surface area is 129 Å². The molecule has 20 heavy (non-hydrogen) atoms. The number of rotatable bonds is 3. The van der Waals surface area contributed by atoms with E-state index in [1.54, 1.807) is 23.9 Å². The number of esters is 1. The molecule has 0 fully saturated rings. The van der Waals surface area contributed by atoms with Crippen molar-refractivity contribution in [3.8, 4) is 0 Å². The monoisotopic (exact) mass is 357 g/mol. The Morgan fingerprint density at radius 2 is 2.25 bits per heavy atom. The van der Waals surface area contributed by atoms with Gasteiger partial charge in [-0.3, -0.25) is 4.68 Å². The summed E-state index contributed by atoms with van der Waals surface area (Å²) in [5, 5.41) is 4.56. The maximum Gasteiger partial charge on any atom is 0.338 e. The van der Waals surface area contributed by atoms with Crippen LogP contribution < -0.4 is 5.73 Å². The Hall–Kier alpha value is -1.53. The summed E-state index contributed by atoms with van der Waals surface area (Å²) in [5.74, 6) is -0.461. The Morgan fingerprint density at radius 3 is 2.80 bits per heavy atom. The average Bonchev–Trinajstić information content (AvgIpc) is 2.64. The number of nitrogen functional groups attached to an aromatic ring is 1. The highest BCUT2D eigenvalue weighted by atomic mass is 79.9. The Morgan fingerprint density at radius 1 is 1.55 bits per heavy atom. The highest BCUT2D eigenvalue weighted by molar-refractivity contribution is 9.10. The molecule has 2 rings (SSSR count). The zero-order valence-corrected chi connectivity index (χ0v) is 13.3. The van der Waals surface area contributed by atoms with Gasteiger partial charge in [0.15, 0.2) is 0 Å². The molecule has 0 aliphatic heterocycles. The fourth-order valence-electron chi connectivity index (χ4n) is 1.71. The van der Waals surface area contributed by atoms with E-state index in [4.69, 9.17) is 22.1 Å². The lowest BCUT2D eigenvalue weighted by molar-refractivity contribution is 0.0462. The van der Waals surface area contributed by atoms with Crippen LogP contribution in [0.5, 0.6) is 0 Å². The minimum absolute atomic E-state index is 0.124. The second kappa shape index (κ2) is 5.85. The highest BCUT2D eigenvalue weighted by Crippen LogP contribution is 2.23. The van der Waals surface area contributed by atoms with Crippen molar-refractivity contribution >= 4 is 39.2 Å². The van der Waals surface area contributed by atoms with Gasteiger partial charge in [0.2, 0.25) is 0 Å². The van der Waals surface area contributed by atoms with E-state index in [-0.39, 0.29) is 6.61 Å². The lowest BCUT2D eigenvalue weighted by atomic mass is 10.2. The van der Waals surface area contributed by atoms with Gasteiger partial charge in [0, 0.05) is 7.05 Å². The van der Waals surface area contributed by atoms with Gasteiger partial charge in [-0.05, 0) is 41.1 Å². The van der Waals surface area contributed by atoms with E-state index in [0.717, 1.165) is 15.9 Å². The number of carbonyl (C=O) groups excluding carboxylic acids is 1. The second-order valence-corrected chi connectivity index (χ2v) is 5.48. The molecule has 106 valence electrons. The standard InChI is InChI=1S/C13H13BrClN3O2/c1-7-12(14)11(18(2)17-7)6-20-13(19)8-3-4-10(16)9(15)5-8/h3-5H,6,16H2,1-2H3. The number of benzene rings is 1. The minimum Gasteiger partial charge on any atom is -0.456 e. The van der Waals surface area contributed by atoms with Gasteiger partial charge >= 0.3 is 5.97 Å². The number of nitrogens with two attached hydrogens (primary N) is 1. The molecule has 7 heteroatoms. The molecule has 2 aromatic rings. The minimum atomic E-state index is -0.461. The molecule has 0 bridgehead atoms. The van der Waals surface area contributed by atoms with Gasteiger partial charge in [0.05, 0.1) is 32.1 Å². The third kappa shape index (κ3) is 2.96. The van der Waals surface area contributed by atoms with Crippen molar-refractivity contribution in [2.75, 3.05) is 5.73 Å². The molecule has 1 aromatic heterocycles. The van der Waals surface area contributed by atoms with Crippen LogP contribution in [0.3, 0.4) is 0 Å². The van der Waals surface area contributed by atoms with Crippen LogP contribution in [0, 0.1) is 6.92 Å². The number of anilines is 1. The number of carbonyl (C=O) groups is 1. The van der Waals surface area contributed by atoms with Crippen molar-refractivity contribution in [3.63, 3.8) is 0 Å². The zero-order valence-electron chi connectivity index (χ0n) is 11.0. The van der Waals surface area contributed by atoms with Crippen LogP contribution in [0.1, 0.15) is 21.7 Å². The smallest absolute Gasteiger partial charge is 0.338 e. The maximum absolute atomic E-state index is 11.9. The van der Waals surface area contributed by atoms with Crippen molar-refractivity contribution < 1.29 is 9.53 Å². The summed E-state index contributed by atoms with van der Waals surface area (Å²) in [7, 11) is 1.79. The fraction of sp³-hybridized carbons (Fsp3) is 0.231. The number of ether oxygens (including phenoxy) is 1. The molecule has 0 radical (unpaired) electrons. The molecule has 0 saturated carbocycles. The van der Waals surface area contributed by atoms with E-state index in [1.807, 2.05) is 6.92 Å². The van der Waals surface area contributed by atoms with Crippen LogP contribution in [0.15, 0.2) is 22.7 Å². The first-order chi connectivity index (χ1) is 9.40. The number of halogens is 2. The van der Waals surface area contributed by atoms with Crippen molar-refractivity contribution in [1.82, 2.24) is 9.78 Å². The molecular weight excluding hydrogens is 346 g/mol. The fourth-order valence-corrected chi connectivity index (χ4v) is 2.34. The van der Waals surface area contributed by atoms with Gasteiger partial charge in [-0.1, -0.05) is 11.6 Å². The largest absolute Gasteiger partial charge is 0.456 e. The Balaban J connectivity index is 2.10. The van der Waals surface area contributed by atoms with Crippen LogP contribution in [0.2, 0.25) is 5.02 Å². The molecule has 5 nitrogen and oxygen atoms in total. The van der Waals surface area contributed by atoms with Crippen LogP contribution >= 0.6 is 27.5 Å². The van der Waals surface area contributed by atoms with E-state index in [9.17, 15) is 4.79 Å². The molecule has 0 unspecified atom stereocenters. The number of aryl methyl sites for hydroxylation is 2. The normalized spacial score (nSPS) is 10.6. The van der Waals surface area contributed by atoms with E-state index in [0.29, 0.717) is 16.3 Å². The first kappa shape index (κ1) is 14.9. The third-order valence-electron chi connectivity index (χ3n) is 2.84. The van der Waals surface area contributed by atoms with E-state index in [2.05, 4.69) is 21.0 Å². The van der Waals surface area contributed by atoms with Crippen molar-refractivity contribution in [2.45, 2.75) is 13.5 Å². The third-order valence-corrected chi connectivity index (χ3v) is 4.20. The Kier molecular flexibility index (Phi) is 4.35. The van der Waals surface area contributed by atoms with Gasteiger partial charge in [-0.2, -0.15) is 5.10 Å². The summed E-state index contributed by atoms with van der Waals surface area (Å²) in [6, 6.07) is 4.64. The lowest BCUT2D eigenvalue weighted by Crippen LogP contribution is -2.08. The first-order valence-electron chi connectivity index (χ1n) is 5.80. The Bertz CT molecular complexity index is 670. The molecular formula is C13H13BrClN3O2. The van der Waals surface area contributed by atoms with E-state index >= 15 is 0 Å². The summed E-state index contributed by atoms with van der Waals surface area (Å²) in [6.07, 6.45) is 0. The van der Waals surface area contributed by atoms with Crippen LogP contribution in [0.25, 0.3) is 0 Å².